The van der Waals surface area contributed by atoms with E-state index in [0.717, 1.165) is 5.01 Å². The fourth-order valence-electron chi connectivity index (χ4n) is 3.17. The lowest BCUT2D eigenvalue weighted by molar-refractivity contribution is -0.384. The average Bonchev–Trinajstić information content (AvgIpc) is 3.34. The maximum Gasteiger partial charge on any atom is 0.337 e. The van der Waals surface area contributed by atoms with Crippen molar-refractivity contribution in [2.75, 3.05) is 5.01 Å². The number of aromatic carboxylic acids is 1. The standard InChI is InChI=1S/C22H14ClN3O6/c1-12-17(21(27)25(24-12)14-5-7-19(23)18(10-14)22(28)29)11-16-6-8-20(32-16)13-3-2-4-15(9-13)26(30)31/h2-11H,1H3,(H,28,29). The summed E-state index contributed by atoms with van der Waals surface area (Å²) in [4.78, 5) is 34.8. The molecule has 0 spiro atoms. The number of anilines is 1. The minimum Gasteiger partial charge on any atom is -0.478 e. The molecule has 1 aromatic heterocycles. The van der Waals surface area contributed by atoms with Crippen LogP contribution in [0, 0.1) is 10.1 Å². The number of rotatable bonds is 5. The number of hydrazone groups is 1. The largest absolute Gasteiger partial charge is 0.478 e. The number of non-ortho nitro benzene ring substituents is 1. The summed E-state index contributed by atoms with van der Waals surface area (Å²) in [5.41, 5.74) is 1.25. The lowest BCUT2D eigenvalue weighted by Gasteiger charge is -2.12. The molecule has 4 rings (SSSR count). The topological polar surface area (TPSA) is 126 Å². The zero-order valence-electron chi connectivity index (χ0n) is 16.5. The SMILES string of the molecule is CC1=NN(c2ccc(Cl)c(C(=O)O)c2)C(=O)C1=Cc1ccc(-c2cccc([N+](=O)[O-])c2)o1. The quantitative estimate of drug-likeness (QED) is 0.330. The van der Waals surface area contributed by atoms with Gasteiger partial charge in [-0.15, -0.1) is 0 Å². The third-order valence-electron chi connectivity index (χ3n) is 4.74. The van der Waals surface area contributed by atoms with Gasteiger partial charge in [-0.1, -0.05) is 23.7 Å². The fourth-order valence-corrected chi connectivity index (χ4v) is 3.37. The zero-order chi connectivity index (χ0) is 23.0. The lowest BCUT2D eigenvalue weighted by atomic mass is 10.1. The van der Waals surface area contributed by atoms with Crippen LogP contribution >= 0.6 is 11.6 Å². The molecular weight excluding hydrogens is 438 g/mol. The van der Waals surface area contributed by atoms with E-state index in [4.69, 9.17) is 16.0 Å². The lowest BCUT2D eigenvalue weighted by Crippen LogP contribution is -2.21. The highest BCUT2D eigenvalue weighted by molar-refractivity contribution is 6.34. The van der Waals surface area contributed by atoms with E-state index in [1.165, 1.54) is 36.4 Å². The summed E-state index contributed by atoms with van der Waals surface area (Å²) >= 11 is 5.90. The number of carboxylic acid groups (broad SMARTS) is 1. The molecule has 10 heteroatoms. The van der Waals surface area contributed by atoms with E-state index in [9.17, 15) is 24.8 Å². The molecule has 0 unspecified atom stereocenters. The molecule has 0 radical (unpaired) electrons. The fraction of sp³-hybridized carbons (Fsp3) is 0.0455. The first-order valence-electron chi connectivity index (χ1n) is 9.24. The molecule has 0 fully saturated rings. The summed E-state index contributed by atoms with van der Waals surface area (Å²) in [6, 6.07) is 13.5. The van der Waals surface area contributed by atoms with Crippen LogP contribution in [-0.4, -0.2) is 27.6 Å². The Morgan fingerprint density at radius 1 is 1.22 bits per heavy atom. The first kappa shape index (κ1) is 21.0. The molecule has 0 bridgehead atoms. The van der Waals surface area contributed by atoms with Gasteiger partial charge in [0, 0.05) is 17.7 Å². The van der Waals surface area contributed by atoms with Crippen molar-refractivity contribution in [2.45, 2.75) is 6.92 Å². The number of nitro groups is 1. The highest BCUT2D eigenvalue weighted by Gasteiger charge is 2.30. The third kappa shape index (κ3) is 3.88. The van der Waals surface area contributed by atoms with E-state index in [1.807, 2.05) is 0 Å². The van der Waals surface area contributed by atoms with Crippen LogP contribution in [0.4, 0.5) is 11.4 Å². The summed E-state index contributed by atoms with van der Waals surface area (Å²) in [6.07, 6.45) is 1.51. The number of carboxylic acids is 1. The van der Waals surface area contributed by atoms with Crippen molar-refractivity contribution >= 4 is 46.6 Å². The number of carbonyl (C=O) groups excluding carboxylic acids is 1. The number of nitro benzene ring substituents is 1. The van der Waals surface area contributed by atoms with Gasteiger partial charge in [0.15, 0.2) is 0 Å². The van der Waals surface area contributed by atoms with Crippen LogP contribution in [0.2, 0.25) is 5.02 Å². The van der Waals surface area contributed by atoms with Crippen LogP contribution in [0.5, 0.6) is 0 Å². The molecule has 9 nitrogen and oxygen atoms in total. The van der Waals surface area contributed by atoms with E-state index >= 15 is 0 Å². The van der Waals surface area contributed by atoms with E-state index in [-0.39, 0.29) is 27.5 Å². The highest BCUT2D eigenvalue weighted by atomic mass is 35.5. The van der Waals surface area contributed by atoms with Crippen molar-refractivity contribution in [1.82, 2.24) is 0 Å². The van der Waals surface area contributed by atoms with Gasteiger partial charge in [-0.25, -0.2) is 4.79 Å². The third-order valence-corrected chi connectivity index (χ3v) is 5.07. The number of nitrogens with zero attached hydrogens (tertiary/aromatic N) is 3. The molecule has 2 aromatic carbocycles. The molecule has 0 saturated carbocycles. The van der Waals surface area contributed by atoms with Gasteiger partial charge in [-0.2, -0.15) is 10.1 Å². The van der Waals surface area contributed by atoms with Crippen molar-refractivity contribution in [1.29, 1.82) is 0 Å². The second-order valence-electron chi connectivity index (χ2n) is 6.84. The van der Waals surface area contributed by atoms with E-state index < -0.39 is 16.8 Å². The Labute approximate surface area is 186 Å². The van der Waals surface area contributed by atoms with Crippen LogP contribution in [-0.2, 0) is 4.79 Å². The number of benzene rings is 2. The second kappa shape index (κ2) is 8.12. The summed E-state index contributed by atoms with van der Waals surface area (Å²) in [5, 5.41) is 25.6. The number of carbonyl (C=O) groups is 2. The maximum atomic E-state index is 12.9. The van der Waals surface area contributed by atoms with E-state index in [1.54, 1.807) is 31.2 Å². The molecule has 1 aliphatic heterocycles. The zero-order valence-corrected chi connectivity index (χ0v) is 17.2. The van der Waals surface area contributed by atoms with Crippen LogP contribution in [0.1, 0.15) is 23.0 Å². The summed E-state index contributed by atoms with van der Waals surface area (Å²) < 4.78 is 5.75. The molecule has 32 heavy (non-hydrogen) atoms. The van der Waals surface area contributed by atoms with Gasteiger partial charge in [0.05, 0.1) is 32.5 Å². The molecular formula is C22H14ClN3O6. The van der Waals surface area contributed by atoms with Crippen molar-refractivity contribution in [3.8, 4) is 11.3 Å². The van der Waals surface area contributed by atoms with Gasteiger partial charge >= 0.3 is 5.97 Å². The molecule has 1 N–H and O–H groups in total. The number of amides is 1. The Bertz CT molecular complexity index is 1340. The van der Waals surface area contributed by atoms with Gasteiger partial charge in [0.2, 0.25) is 0 Å². The predicted octanol–water partition coefficient (Wildman–Crippen LogP) is 5.01. The molecule has 1 aliphatic rings. The van der Waals surface area contributed by atoms with Crippen LogP contribution in [0.15, 0.2) is 69.7 Å². The average molecular weight is 452 g/mol. The smallest absolute Gasteiger partial charge is 0.337 e. The molecule has 0 saturated heterocycles. The van der Waals surface area contributed by atoms with Gasteiger partial charge in [0.1, 0.15) is 11.5 Å². The number of hydrogen-bond donors (Lipinski definition) is 1. The van der Waals surface area contributed by atoms with Crippen molar-refractivity contribution in [2.24, 2.45) is 5.10 Å². The normalized spacial score (nSPS) is 14.7. The van der Waals surface area contributed by atoms with Crippen molar-refractivity contribution in [3.63, 3.8) is 0 Å². The molecule has 2 heterocycles. The summed E-state index contributed by atoms with van der Waals surface area (Å²) in [5.74, 6) is -0.923. The first-order valence-corrected chi connectivity index (χ1v) is 9.61. The van der Waals surface area contributed by atoms with E-state index in [2.05, 4.69) is 5.10 Å². The van der Waals surface area contributed by atoms with Crippen LogP contribution < -0.4 is 5.01 Å². The molecule has 0 atom stereocenters. The maximum absolute atomic E-state index is 12.9. The van der Waals surface area contributed by atoms with Gasteiger partial charge < -0.3 is 9.52 Å². The molecule has 3 aromatic rings. The first-order chi connectivity index (χ1) is 15.2. The number of furan rings is 1. The molecule has 160 valence electrons. The highest BCUT2D eigenvalue weighted by Crippen LogP contribution is 2.30. The monoisotopic (exact) mass is 451 g/mol. The Kier molecular flexibility index (Phi) is 5.33. The Hall–Kier alpha value is -4.24. The summed E-state index contributed by atoms with van der Waals surface area (Å²) in [7, 11) is 0. The number of hydrogen-bond acceptors (Lipinski definition) is 6. The molecule has 0 aliphatic carbocycles. The van der Waals surface area contributed by atoms with Crippen molar-refractivity contribution < 1.29 is 24.0 Å². The van der Waals surface area contributed by atoms with Crippen LogP contribution in [0.3, 0.4) is 0 Å². The number of halogens is 1. The molecule has 1 amide bonds. The van der Waals surface area contributed by atoms with Crippen molar-refractivity contribution in [3.05, 3.63) is 86.6 Å². The minimum atomic E-state index is -1.22. The minimum absolute atomic E-state index is 0.0497. The predicted molar refractivity (Wildman–Crippen MR) is 118 cm³/mol. The Morgan fingerprint density at radius 3 is 2.72 bits per heavy atom. The summed E-state index contributed by atoms with van der Waals surface area (Å²) in [6.45, 7) is 1.64. The van der Waals surface area contributed by atoms with Gasteiger partial charge in [-0.3, -0.25) is 14.9 Å². The Balaban J connectivity index is 1.63. The van der Waals surface area contributed by atoms with Gasteiger partial charge in [-0.05, 0) is 43.3 Å². The van der Waals surface area contributed by atoms with E-state index in [0.29, 0.717) is 22.8 Å². The second-order valence-corrected chi connectivity index (χ2v) is 7.25. The van der Waals surface area contributed by atoms with Crippen LogP contribution in [0.25, 0.3) is 17.4 Å². The van der Waals surface area contributed by atoms with Gasteiger partial charge in [0.25, 0.3) is 11.6 Å². The Morgan fingerprint density at radius 2 is 2.00 bits per heavy atom.